The van der Waals surface area contributed by atoms with Gasteiger partial charge in [-0.2, -0.15) is 26.6 Å². The molecule has 10 nitrogen and oxygen atoms in total. The van der Waals surface area contributed by atoms with Crippen LogP contribution in [0.2, 0.25) is 0 Å². The Kier molecular flexibility index (Phi) is 5.71. The Balaban J connectivity index is 1.32. The molecule has 4 heterocycles. The van der Waals surface area contributed by atoms with E-state index in [1.54, 1.807) is 29.3 Å². The van der Waals surface area contributed by atoms with Gasteiger partial charge in [-0.05, 0) is 42.3 Å². The fourth-order valence-electron chi connectivity index (χ4n) is 3.81. The third kappa shape index (κ3) is 4.58. The number of aliphatic hydroxyl groups is 1. The summed E-state index contributed by atoms with van der Waals surface area (Å²) in [6.07, 6.45) is 1.79. The van der Waals surface area contributed by atoms with Gasteiger partial charge >= 0.3 is 15.6 Å². The van der Waals surface area contributed by atoms with Gasteiger partial charge in [0.05, 0.1) is 5.70 Å². The first kappa shape index (κ1) is 23.2. The van der Waals surface area contributed by atoms with E-state index in [0.29, 0.717) is 34.9 Å². The van der Waals surface area contributed by atoms with Crippen LogP contribution < -0.4 is 13.7 Å². The summed E-state index contributed by atoms with van der Waals surface area (Å²) in [6, 6.07) is 7.19. The summed E-state index contributed by atoms with van der Waals surface area (Å²) in [5.74, 6) is 0.532. The Hall–Kier alpha value is -3.52. The van der Waals surface area contributed by atoms with Crippen LogP contribution in [0.5, 0.6) is 17.4 Å². The maximum absolute atomic E-state index is 12.6. The standard InChI is InChI=1S/C21H18F3N3O7S/c22-21(23,24)35(29,30)34-13-3-4-15-12(8-13)5-7-27-16(15)9-18(26-20(27)28)31-10-14-11-32-19-17(33-14)2-1-6-25-19/h1-4,6,8-9,14,20,28H,5,7,10-11H2. The number of hydrogen-bond acceptors (Lipinski definition) is 10. The van der Waals surface area contributed by atoms with Gasteiger partial charge in [0.25, 0.3) is 5.88 Å². The molecule has 0 bridgehead atoms. The molecule has 186 valence electrons. The number of aliphatic imine (C=N–C) groups is 1. The van der Waals surface area contributed by atoms with E-state index in [1.807, 2.05) is 0 Å². The molecular formula is C21H18F3N3O7S. The molecule has 5 rings (SSSR count). The van der Waals surface area contributed by atoms with Crippen molar-refractivity contribution < 1.29 is 45.1 Å². The molecule has 1 N–H and O–H groups in total. The number of hydrogen-bond donors (Lipinski definition) is 1. The fraction of sp³-hybridized carbons (Fsp3) is 0.333. The van der Waals surface area contributed by atoms with Gasteiger partial charge in [-0.1, -0.05) is 0 Å². The predicted molar refractivity (Wildman–Crippen MR) is 114 cm³/mol. The summed E-state index contributed by atoms with van der Waals surface area (Å²) in [5, 5.41) is 10.5. The van der Waals surface area contributed by atoms with Gasteiger partial charge < -0.3 is 28.4 Å². The Labute approximate surface area is 197 Å². The van der Waals surface area contributed by atoms with Crippen molar-refractivity contribution in [2.24, 2.45) is 4.99 Å². The van der Waals surface area contributed by atoms with Crippen LogP contribution in [0, 0.1) is 0 Å². The van der Waals surface area contributed by atoms with Gasteiger partial charge in [0.15, 0.2) is 11.9 Å². The Morgan fingerprint density at radius 1 is 1.26 bits per heavy atom. The average molecular weight is 513 g/mol. The lowest BCUT2D eigenvalue weighted by molar-refractivity contribution is -0.0500. The van der Waals surface area contributed by atoms with Crippen LogP contribution in [0.15, 0.2) is 47.6 Å². The molecule has 2 aromatic rings. The molecule has 0 fully saturated rings. The molecule has 0 spiro atoms. The highest BCUT2D eigenvalue weighted by Crippen LogP contribution is 2.36. The number of halogens is 3. The number of alkyl halides is 3. The molecule has 0 saturated heterocycles. The molecule has 0 radical (unpaired) electrons. The minimum absolute atomic E-state index is 0.0681. The van der Waals surface area contributed by atoms with E-state index in [2.05, 4.69) is 14.2 Å². The smallest absolute Gasteiger partial charge is 0.478 e. The molecule has 0 aliphatic carbocycles. The van der Waals surface area contributed by atoms with Gasteiger partial charge in [0, 0.05) is 24.4 Å². The highest BCUT2D eigenvalue weighted by molar-refractivity contribution is 7.88. The summed E-state index contributed by atoms with van der Waals surface area (Å²) in [4.78, 5) is 9.77. The predicted octanol–water partition coefficient (Wildman–Crippen LogP) is 2.05. The van der Waals surface area contributed by atoms with E-state index in [9.17, 15) is 26.7 Å². The summed E-state index contributed by atoms with van der Waals surface area (Å²) in [6.45, 7) is 0.559. The van der Waals surface area contributed by atoms with Crippen LogP contribution in [-0.2, 0) is 21.3 Å². The van der Waals surface area contributed by atoms with Crippen LogP contribution in [-0.4, -0.2) is 67.0 Å². The number of aromatic nitrogens is 1. The number of rotatable bonds is 4. The van der Waals surface area contributed by atoms with Crippen molar-refractivity contribution in [3.05, 3.63) is 53.7 Å². The molecule has 1 aromatic carbocycles. The molecule has 3 aliphatic heterocycles. The number of benzene rings is 1. The molecule has 1 aromatic heterocycles. The summed E-state index contributed by atoms with van der Waals surface area (Å²) in [5.41, 5.74) is -3.90. The maximum Gasteiger partial charge on any atom is 0.534 e. The van der Waals surface area contributed by atoms with E-state index in [4.69, 9.17) is 14.2 Å². The Bertz CT molecular complexity index is 1310. The van der Waals surface area contributed by atoms with Crippen LogP contribution in [0.25, 0.3) is 5.70 Å². The van der Waals surface area contributed by atoms with Crippen LogP contribution >= 0.6 is 0 Å². The lowest BCUT2D eigenvalue weighted by Crippen LogP contribution is -2.41. The SMILES string of the molecule is O=S(=O)(Oc1ccc2c(c1)CCN1C2=CC(OCC2COc3ncccc3O2)=NC1O)C(F)(F)F. The van der Waals surface area contributed by atoms with E-state index in [-0.39, 0.29) is 25.7 Å². The molecule has 0 saturated carbocycles. The molecule has 2 unspecified atom stereocenters. The van der Waals surface area contributed by atoms with Gasteiger partial charge in [0.2, 0.25) is 12.2 Å². The number of ether oxygens (including phenoxy) is 3. The lowest BCUT2D eigenvalue weighted by Gasteiger charge is -2.37. The highest BCUT2D eigenvalue weighted by Gasteiger charge is 2.48. The lowest BCUT2D eigenvalue weighted by atomic mass is 9.95. The third-order valence-corrected chi connectivity index (χ3v) is 6.39. The first-order valence-corrected chi connectivity index (χ1v) is 11.8. The minimum Gasteiger partial charge on any atom is -0.478 e. The Morgan fingerprint density at radius 2 is 2.09 bits per heavy atom. The van der Waals surface area contributed by atoms with Crippen LogP contribution in [0.4, 0.5) is 13.2 Å². The summed E-state index contributed by atoms with van der Waals surface area (Å²) < 4.78 is 81.9. The molecular weight excluding hydrogens is 495 g/mol. The largest absolute Gasteiger partial charge is 0.534 e. The zero-order chi connectivity index (χ0) is 24.8. The maximum atomic E-state index is 12.6. The van der Waals surface area contributed by atoms with Crippen molar-refractivity contribution in [2.45, 2.75) is 24.4 Å². The zero-order valence-corrected chi connectivity index (χ0v) is 18.6. The molecule has 0 amide bonds. The van der Waals surface area contributed by atoms with E-state index in [0.717, 1.165) is 6.07 Å². The van der Waals surface area contributed by atoms with Crippen LogP contribution in [0.1, 0.15) is 11.1 Å². The normalized spacial score (nSPS) is 21.3. The summed E-state index contributed by atoms with van der Waals surface area (Å²) in [7, 11) is -5.79. The number of aliphatic hydroxyl groups excluding tert-OH is 1. The topological polar surface area (TPSA) is 120 Å². The van der Waals surface area contributed by atoms with Gasteiger partial charge in [0.1, 0.15) is 19.0 Å². The zero-order valence-electron chi connectivity index (χ0n) is 17.8. The minimum atomic E-state index is -5.79. The number of pyridine rings is 1. The van der Waals surface area contributed by atoms with Crippen molar-refractivity contribution in [1.82, 2.24) is 9.88 Å². The van der Waals surface area contributed by atoms with Crippen molar-refractivity contribution in [3.63, 3.8) is 0 Å². The molecule has 14 heteroatoms. The average Bonchev–Trinajstić information content (AvgIpc) is 2.81. The van der Waals surface area contributed by atoms with Gasteiger partial charge in [-0.25, -0.2) is 4.98 Å². The van der Waals surface area contributed by atoms with Crippen molar-refractivity contribution in [3.8, 4) is 17.4 Å². The van der Waals surface area contributed by atoms with E-state index in [1.165, 1.54) is 12.1 Å². The number of fused-ring (bicyclic) bond motifs is 4. The quantitative estimate of drug-likeness (QED) is 0.484. The second-order valence-electron chi connectivity index (χ2n) is 7.76. The first-order chi connectivity index (χ1) is 16.6. The second-order valence-corrected chi connectivity index (χ2v) is 9.30. The third-order valence-electron chi connectivity index (χ3n) is 5.41. The monoisotopic (exact) mass is 513 g/mol. The Morgan fingerprint density at radius 3 is 2.89 bits per heavy atom. The van der Waals surface area contributed by atoms with Crippen molar-refractivity contribution in [2.75, 3.05) is 19.8 Å². The number of nitrogens with zero attached hydrogens (tertiary/aromatic N) is 3. The van der Waals surface area contributed by atoms with E-state index >= 15 is 0 Å². The summed E-state index contributed by atoms with van der Waals surface area (Å²) >= 11 is 0. The highest BCUT2D eigenvalue weighted by atomic mass is 32.2. The fourth-order valence-corrected chi connectivity index (χ4v) is 4.26. The van der Waals surface area contributed by atoms with Crippen molar-refractivity contribution in [1.29, 1.82) is 0 Å². The molecule has 3 aliphatic rings. The van der Waals surface area contributed by atoms with Crippen LogP contribution in [0.3, 0.4) is 0 Å². The second kappa shape index (κ2) is 8.61. The molecule has 35 heavy (non-hydrogen) atoms. The van der Waals surface area contributed by atoms with Crippen molar-refractivity contribution >= 4 is 21.7 Å². The first-order valence-electron chi connectivity index (χ1n) is 10.4. The van der Waals surface area contributed by atoms with E-state index < -0.39 is 33.8 Å². The van der Waals surface area contributed by atoms with Gasteiger partial charge in [-0.15, -0.1) is 0 Å². The van der Waals surface area contributed by atoms with Gasteiger partial charge in [-0.3, -0.25) is 0 Å². The molecule has 2 atom stereocenters.